The first-order chi connectivity index (χ1) is 18.6. The van der Waals surface area contributed by atoms with Crippen molar-refractivity contribution in [2.75, 3.05) is 0 Å². The van der Waals surface area contributed by atoms with Crippen LogP contribution in [0, 0.1) is 37.5 Å². The molecule has 0 heterocycles. The Bertz CT molecular complexity index is 1220. The third-order valence-electron chi connectivity index (χ3n) is 10.9. The van der Waals surface area contributed by atoms with Gasteiger partial charge < -0.3 is 0 Å². The van der Waals surface area contributed by atoms with E-state index in [0.717, 1.165) is 29.6 Å². The molecule has 3 aromatic carbocycles. The number of fused-ring (bicyclic) bond motifs is 2. The highest BCUT2D eigenvalue weighted by molar-refractivity contribution is 5.68. The molecule has 38 heavy (non-hydrogen) atoms. The Morgan fingerprint density at radius 1 is 0.737 bits per heavy atom. The van der Waals surface area contributed by atoms with E-state index in [1.54, 1.807) is 16.7 Å². The zero-order valence-corrected chi connectivity index (χ0v) is 24.1. The SMILES string of the molecule is Cc1ccccc1-c1ccc(C)c(C2CC3CCC(C2)C3c2cccc(CCCC3CCCC[C@H]3C)c2)c1. The summed E-state index contributed by atoms with van der Waals surface area (Å²) in [5.74, 6) is 5.11. The molecule has 0 spiro atoms. The first-order valence-electron chi connectivity index (χ1n) is 15.8. The van der Waals surface area contributed by atoms with Crippen LogP contribution in [0.5, 0.6) is 0 Å². The van der Waals surface area contributed by atoms with Gasteiger partial charge in [0.15, 0.2) is 0 Å². The van der Waals surface area contributed by atoms with Crippen LogP contribution in [0.2, 0.25) is 0 Å². The van der Waals surface area contributed by atoms with Gasteiger partial charge in [-0.3, -0.25) is 0 Å². The van der Waals surface area contributed by atoms with Gasteiger partial charge in [0.1, 0.15) is 0 Å². The number of hydrogen-bond donors (Lipinski definition) is 0. The zero-order valence-electron chi connectivity index (χ0n) is 24.1. The van der Waals surface area contributed by atoms with Crippen LogP contribution in [0.3, 0.4) is 0 Å². The summed E-state index contributed by atoms with van der Waals surface area (Å²) in [5.41, 5.74) is 10.5. The van der Waals surface area contributed by atoms with Crippen molar-refractivity contribution in [2.45, 2.75) is 103 Å². The molecule has 3 saturated carbocycles. The molecular weight excluding hydrogens is 456 g/mol. The second-order valence-electron chi connectivity index (χ2n) is 13.3. The molecule has 0 N–H and O–H groups in total. The molecule has 6 rings (SSSR count). The quantitative estimate of drug-likeness (QED) is 0.300. The number of hydrogen-bond acceptors (Lipinski definition) is 0. The lowest BCUT2D eigenvalue weighted by molar-refractivity contribution is 0.238. The van der Waals surface area contributed by atoms with Crippen molar-refractivity contribution in [1.82, 2.24) is 0 Å². The van der Waals surface area contributed by atoms with Gasteiger partial charge in [-0.2, -0.15) is 0 Å². The van der Waals surface area contributed by atoms with E-state index in [2.05, 4.69) is 87.5 Å². The Labute approximate surface area is 232 Å². The van der Waals surface area contributed by atoms with Crippen LogP contribution in [0.1, 0.15) is 111 Å². The molecule has 200 valence electrons. The third kappa shape index (κ3) is 5.38. The van der Waals surface area contributed by atoms with E-state index in [-0.39, 0.29) is 0 Å². The molecule has 3 fully saturated rings. The molecule has 0 aliphatic heterocycles. The van der Waals surface area contributed by atoms with Crippen LogP contribution >= 0.6 is 0 Å². The van der Waals surface area contributed by atoms with Crippen molar-refractivity contribution in [3.63, 3.8) is 0 Å². The van der Waals surface area contributed by atoms with Gasteiger partial charge >= 0.3 is 0 Å². The van der Waals surface area contributed by atoms with Crippen LogP contribution in [0.25, 0.3) is 11.1 Å². The van der Waals surface area contributed by atoms with Gasteiger partial charge in [-0.25, -0.2) is 0 Å². The summed E-state index contributed by atoms with van der Waals surface area (Å²) in [6.07, 6.45) is 15.5. The zero-order chi connectivity index (χ0) is 26.1. The fourth-order valence-corrected chi connectivity index (χ4v) is 8.82. The summed E-state index contributed by atoms with van der Waals surface area (Å²) < 4.78 is 0. The molecule has 2 bridgehead atoms. The first-order valence-corrected chi connectivity index (χ1v) is 15.8. The Morgan fingerprint density at radius 3 is 2.32 bits per heavy atom. The minimum atomic E-state index is 0.716. The molecule has 4 atom stereocenters. The Hall–Kier alpha value is -2.34. The third-order valence-corrected chi connectivity index (χ3v) is 10.9. The molecule has 3 aliphatic carbocycles. The van der Waals surface area contributed by atoms with Crippen molar-refractivity contribution >= 4 is 0 Å². The lowest BCUT2D eigenvalue weighted by Gasteiger charge is -2.37. The van der Waals surface area contributed by atoms with Crippen molar-refractivity contribution in [2.24, 2.45) is 23.7 Å². The molecule has 3 aliphatic rings. The van der Waals surface area contributed by atoms with Gasteiger partial charge in [0, 0.05) is 0 Å². The van der Waals surface area contributed by atoms with Gasteiger partial charge in [0.2, 0.25) is 0 Å². The average Bonchev–Trinajstić information content (AvgIpc) is 3.20. The second kappa shape index (κ2) is 11.4. The molecular formula is C38H48. The second-order valence-corrected chi connectivity index (χ2v) is 13.3. The minimum Gasteiger partial charge on any atom is -0.0622 e. The topological polar surface area (TPSA) is 0 Å². The number of benzene rings is 3. The highest BCUT2D eigenvalue weighted by Gasteiger charge is 2.43. The van der Waals surface area contributed by atoms with Crippen molar-refractivity contribution in [3.8, 4) is 11.1 Å². The molecule has 0 nitrogen and oxygen atoms in total. The molecule has 0 saturated heterocycles. The van der Waals surface area contributed by atoms with Gasteiger partial charge in [-0.05, 0) is 133 Å². The van der Waals surface area contributed by atoms with Gasteiger partial charge in [-0.1, -0.05) is 99.3 Å². The molecule has 3 aromatic rings. The molecule has 3 unspecified atom stereocenters. The van der Waals surface area contributed by atoms with E-state index in [1.165, 1.54) is 92.9 Å². The minimum absolute atomic E-state index is 0.716. The van der Waals surface area contributed by atoms with Crippen LogP contribution in [-0.4, -0.2) is 0 Å². The van der Waals surface area contributed by atoms with Crippen LogP contribution in [-0.2, 0) is 6.42 Å². The van der Waals surface area contributed by atoms with Crippen LogP contribution < -0.4 is 0 Å². The summed E-state index contributed by atoms with van der Waals surface area (Å²) in [7, 11) is 0. The van der Waals surface area contributed by atoms with E-state index < -0.39 is 0 Å². The van der Waals surface area contributed by atoms with Gasteiger partial charge in [0.05, 0.1) is 0 Å². The van der Waals surface area contributed by atoms with E-state index in [4.69, 9.17) is 0 Å². The predicted molar refractivity (Wildman–Crippen MR) is 163 cm³/mol. The maximum Gasteiger partial charge on any atom is -0.0105 e. The molecule has 0 heteroatoms. The Kier molecular flexibility index (Phi) is 7.78. The lowest BCUT2D eigenvalue weighted by Crippen LogP contribution is -2.24. The molecule has 0 radical (unpaired) electrons. The summed E-state index contributed by atoms with van der Waals surface area (Å²) >= 11 is 0. The maximum atomic E-state index is 2.62. The fraction of sp³-hybridized carbons (Fsp3) is 0.526. The Morgan fingerprint density at radius 2 is 1.53 bits per heavy atom. The van der Waals surface area contributed by atoms with E-state index in [1.807, 2.05) is 0 Å². The Balaban J connectivity index is 1.14. The van der Waals surface area contributed by atoms with E-state index in [0.29, 0.717) is 5.92 Å². The highest BCUT2D eigenvalue weighted by Crippen LogP contribution is 2.56. The lowest BCUT2D eigenvalue weighted by atomic mass is 9.68. The largest absolute Gasteiger partial charge is 0.0622 e. The average molecular weight is 505 g/mol. The van der Waals surface area contributed by atoms with Crippen molar-refractivity contribution < 1.29 is 0 Å². The summed E-state index contributed by atoms with van der Waals surface area (Å²) in [6.45, 7) is 7.07. The summed E-state index contributed by atoms with van der Waals surface area (Å²) in [5, 5.41) is 0. The smallest absolute Gasteiger partial charge is 0.0105 e. The standard InChI is InChI=1S/C38H48/c1-26-10-4-6-14-30(26)15-8-12-29-13-9-16-32(22-29)38-33-20-21-34(38)24-35(23-33)37-25-31(19-18-28(37)3)36-17-7-5-11-27(36)2/h5,7,9,11,13,16-19,22,25-26,30,33-35,38H,4,6,8,10,12,14-15,20-21,23-24H2,1-3H3/t26-,30?,33?,34?,35?,38?/m1/s1. The van der Waals surface area contributed by atoms with Crippen LogP contribution in [0.4, 0.5) is 0 Å². The normalized spacial score (nSPS) is 28.9. The fourth-order valence-electron chi connectivity index (χ4n) is 8.82. The van der Waals surface area contributed by atoms with Crippen molar-refractivity contribution in [3.05, 3.63) is 94.5 Å². The van der Waals surface area contributed by atoms with Crippen LogP contribution in [0.15, 0.2) is 66.7 Å². The van der Waals surface area contributed by atoms with Gasteiger partial charge in [-0.15, -0.1) is 0 Å². The molecule has 0 aromatic heterocycles. The monoisotopic (exact) mass is 504 g/mol. The highest BCUT2D eigenvalue weighted by atomic mass is 14.5. The van der Waals surface area contributed by atoms with Gasteiger partial charge in [0.25, 0.3) is 0 Å². The maximum absolute atomic E-state index is 2.62. The van der Waals surface area contributed by atoms with Crippen molar-refractivity contribution in [1.29, 1.82) is 0 Å². The van der Waals surface area contributed by atoms with E-state index >= 15 is 0 Å². The summed E-state index contributed by atoms with van der Waals surface area (Å²) in [4.78, 5) is 0. The molecule has 0 amide bonds. The van der Waals surface area contributed by atoms with E-state index in [9.17, 15) is 0 Å². The summed E-state index contributed by atoms with van der Waals surface area (Å²) in [6, 6.07) is 26.0. The number of aryl methyl sites for hydroxylation is 3. The first kappa shape index (κ1) is 25.9. The number of rotatable bonds is 7. The predicted octanol–water partition coefficient (Wildman–Crippen LogP) is 10.8.